The highest BCUT2D eigenvalue weighted by Gasteiger charge is 2.18. The van der Waals surface area contributed by atoms with Gasteiger partial charge in [-0.15, -0.1) is 0 Å². The minimum absolute atomic E-state index is 0.00869. The third kappa shape index (κ3) is 3.36. The normalized spacial score (nSPS) is 10.4. The zero-order valence-electron chi connectivity index (χ0n) is 10.9. The van der Waals surface area contributed by atoms with Crippen LogP contribution >= 0.6 is 0 Å². The predicted molar refractivity (Wildman–Crippen MR) is 71.7 cm³/mol. The van der Waals surface area contributed by atoms with Gasteiger partial charge >= 0.3 is 5.97 Å². The lowest BCUT2D eigenvalue weighted by Crippen LogP contribution is -2.12. The fourth-order valence-electron chi connectivity index (χ4n) is 1.81. The quantitative estimate of drug-likeness (QED) is 0.801. The van der Waals surface area contributed by atoms with Gasteiger partial charge in [0.1, 0.15) is 6.61 Å². The van der Waals surface area contributed by atoms with Crippen molar-refractivity contribution >= 4 is 5.97 Å². The summed E-state index contributed by atoms with van der Waals surface area (Å²) in [5.74, 6) is -0.859. The highest BCUT2D eigenvalue weighted by atomic mass is 16.5. The van der Waals surface area contributed by atoms with Crippen molar-refractivity contribution in [1.82, 2.24) is 9.78 Å². The van der Waals surface area contributed by atoms with Gasteiger partial charge in [0.25, 0.3) is 0 Å². The van der Waals surface area contributed by atoms with E-state index in [1.807, 2.05) is 30.3 Å². The molecule has 0 atom stereocenters. The Labute approximate surface area is 116 Å². The number of carbonyl (C=O) groups is 1. The molecule has 0 amide bonds. The fourth-order valence-corrected chi connectivity index (χ4v) is 1.81. The van der Waals surface area contributed by atoms with Gasteiger partial charge in [-0.3, -0.25) is 4.68 Å². The van der Waals surface area contributed by atoms with Gasteiger partial charge in [0.05, 0.1) is 6.20 Å². The van der Waals surface area contributed by atoms with Gasteiger partial charge in [-0.2, -0.15) is 5.10 Å². The minimum atomic E-state index is -1.09. The van der Waals surface area contributed by atoms with Gasteiger partial charge in [-0.25, -0.2) is 4.79 Å². The summed E-state index contributed by atoms with van der Waals surface area (Å²) in [7, 11) is 0. The van der Waals surface area contributed by atoms with Crippen LogP contribution in [0.4, 0.5) is 0 Å². The number of aliphatic hydroxyl groups is 1. The molecule has 0 saturated heterocycles. The molecule has 2 aromatic rings. The second-order valence-electron chi connectivity index (χ2n) is 4.24. The first-order valence-corrected chi connectivity index (χ1v) is 6.29. The minimum Gasteiger partial charge on any atom is -0.485 e. The summed E-state index contributed by atoms with van der Waals surface area (Å²) in [6.45, 7) is 0.610. The van der Waals surface area contributed by atoms with Crippen molar-refractivity contribution in [2.24, 2.45) is 0 Å². The highest BCUT2D eigenvalue weighted by molar-refractivity contribution is 5.88. The summed E-state index contributed by atoms with van der Waals surface area (Å²) in [6.07, 6.45) is 1.84. The van der Waals surface area contributed by atoms with Crippen LogP contribution in [0.25, 0.3) is 0 Å². The summed E-state index contributed by atoms with van der Waals surface area (Å²) in [5, 5.41) is 22.0. The SMILES string of the molecule is O=C(O)c1c(OCc2ccccc2)cnn1CCCO. The lowest BCUT2D eigenvalue weighted by Gasteiger charge is -2.07. The molecule has 1 heterocycles. The van der Waals surface area contributed by atoms with Gasteiger partial charge in [-0.05, 0) is 12.0 Å². The molecule has 1 aromatic heterocycles. The van der Waals surface area contributed by atoms with Crippen molar-refractivity contribution in [1.29, 1.82) is 0 Å². The number of aromatic carboxylic acids is 1. The first-order valence-electron chi connectivity index (χ1n) is 6.29. The van der Waals surface area contributed by atoms with E-state index in [0.29, 0.717) is 13.0 Å². The predicted octanol–water partition coefficient (Wildman–Crippen LogP) is 1.54. The number of aromatic nitrogens is 2. The van der Waals surface area contributed by atoms with Crippen LogP contribution in [0.5, 0.6) is 5.75 Å². The monoisotopic (exact) mass is 276 g/mol. The molecule has 1 aromatic carbocycles. The lowest BCUT2D eigenvalue weighted by atomic mass is 10.2. The molecule has 106 valence electrons. The Morgan fingerprint density at radius 2 is 2.05 bits per heavy atom. The summed E-state index contributed by atoms with van der Waals surface area (Å²) < 4.78 is 6.85. The number of carboxylic acids is 1. The van der Waals surface area contributed by atoms with Crippen LogP contribution in [0, 0.1) is 0 Å². The molecular formula is C14H16N2O4. The standard InChI is InChI=1S/C14H16N2O4/c17-8-4-7-16-13(14(18)19)12(9-15-16)20-10-11-5-2-1-3-6-11/h1-3,5-6,9,17H,4,7-8,10H2,(H,18,19). The number of carboxylic acid groups (broad SMARTS) is 1. The van der Waals surface area contributed by atoms with E-state index in [9.17, 15) is 9.90 Å². The average Bonchev–Trinajstić information content (AvgIpc) is 2.87. The van der Waals surface area contributed by atoms with Crippen LogP contribution in [0.2, 0.25) is 0 Å². The van der Waals surface area contributed by atoms with Crippen molar-refractivity contribution in [2.45, 2.75) is 19.6 Å². The summed E-state index contributed by atoms with van der Waals surface area (Å²) >= 11 is 0. The number of ether oxygens (including phenoxy) is 1. The topological polar surface area (TPSA) is 84.6 Å². The number of benzene rings is 1. The molecule has 0 saturated carbocycles. The van der Waals surface area contributed by atoms with Gasteiger partial charge < -0.3 is 14.9 Å². The lowest BCUT2D eigenvalue weighted by molar-refractivity contribution is 0.0677. The first-order chi connectivity index (χ1) is 9.72. The van der Waals surface area contributed by atoms with E-state index in [2.05, 4.69) is 5.10 Å². The second-order valence-corrected chi connectivity index (χ2v) is 4.24. The maximum Gasteiger partial charge on any atom is 0.358 e. The van der Waals surface area contributed by atoms with E-state index in [1.54, 1.807) is 0 Å². The number of nitrogens with zero attached hydrogens (tertiary/aromatic N) is 2. The van der Waals surface area contributed by atoms with Crippen molar-refractivity contribution in [3.05, 3.63) is 47.8 Å². The fraction of sp³-hybridized carbons (Fsp3) is 0.286. The third-order valence-electron chi connectivity index (χ3n) is 2.77. The maximum atomic E-state index is 11.3. The summed E-state index contributed by atoms with van der Waals surface area (Å²) in [4.78, 5) is 11.3. The van der Waals surface area contributed by atoms with Crippen LogP contribution in [0.3, 0.4) is 0 Å². The Hall–Kier alpha value is -2.34. The molecule has 6 nitrogen and oxygen atoms in total. The Balaban J connectivity index is 2.11. The maximum absolute atomic E-state index is 11.3. The zero-order chi connectivity index (χ0) is 14.4. The average molecular weight is 276 g/mol. The van der Waals surface area contributed by atoms with Crippen LogP contribution in [-0.4, -0.2) is 32.6 Å². The zero-order valence-corrected chi connectivity index (χ0v) is 10.9. The van der Waals surface area contributed by atoms with Crippen molar-refractivity contribution in [3.8, 4) is 5.75 Å². The van der Waals surface area contributed by atoms with Gasteiger partial charge in [0.2, 0.25) is 0 Å². The summed E-state index contributed by atoms with van der Waals surface area (Å²) in [5.41, 5.74) is 0.960. The van der Waals surface area contributed by atoms with E-state index in [-0.39, 0.29) is 24.7 Å². The molecule has 0 radical (unpaired) electrons. The van der Waals surface area contributed by atoms with Crippen LogP contribution in [0.1, 0.15) is 22.5 Å². The van der Waals surface area contributed by atoms with Crippen molar-refractivity contribution in [2.75, 3.05) is 6.61 Å². The van der Waals surface area contributed by atoms with E-state index in [0.717, 1.165) is 5.56 Å². The number of hydrogen-bond acceptors (Lipinski definition) is 4. The molecule has 2 rings (SSSR count). The molecule has 6 heteroatoms. The molecule has 0 aliphatic heterocycles. The number of aliphatic hydroxyl groups excluding tert-OH is 1. The Morgan fingerprint density at radius 3 is 2.70 bits per heavy atom. The molecular weight excluding hydrogens is 260 g/mol. The Morgan fingerprint density at radius 1 is 1.30 bits per heavy atom. The second kappa shape index (κ2) is 6.72. The molecule has 0 aliphatic rings. The highest BCUT2D eigenvalue weighted by Crippen LogP contribution is 2.19. The smallest absolute Gasteiger partial charge is 0.358 e. The molecule has 0 fully saturated rings. The van der Waals surface area contributed by atoms with E-state index in [1.165, 1.54) is 10.9 Å². The largest absolute Gasteiger partial charge is 0.485 e. The van der Waals surface area contributed by atoms with Gasteiger partial charge in [0.15, 0.2) is 11.4 Å². The van der Waals surface area contributed by atoms with E-state index >= 15 is 0 Å². The number of aryl methyl sites for hydroxylation is 1. The molecule has 20 heavy (non-hydrogen) atoms. The van der Waals surface area contributed by atoms with Crippen molar-refractivity contribution in [3.63, 3.8) is 0 Å². The van der Waals surface area contributed by atoms with E-state index in [4.69, 9.17) is 9.84 Å². The number of hydrogen-bond donors (Lipinski definition) is 2. The van der Waals surface area contributed by atoms with Crippen molar-refractivity contribution < 1.29 is 19.7 Å². The Kier molecular flexibility index (Phi) is 4.73. The third-order valence-corrected chi connectivity index (χ3v) is 2.77. The van der Waals surface area contributed by atoms with E-state index < -0.39 is 5.97 Å². The summed E-state index contributed by atoms with van der Waals surface area (Å²) in [6, 6.07) is 9.48. The molecule has 0 unspecified atom stereocenters. The van der Waals surface area contributed by atoms with Gasteiger partial charge in [0, 0.05) is 13.2 Å². The van der Waals surface area contributed by atoms with Crippen LogP contribution in [-0.2, 0) is 13.2 Å². The Bertz CT molecular complexity index is 566. The molecule has 0 bridgehead atoms. The number of rotatable bonds is 7. The molecule has 0 spiro atoms. The van der Waals surface area contributed by atoms with Gasteiger partial charge in [-0.1, -0.05) is 30.3 Å². The van der Waals surface area contributed by atoms with Crippen LogP contribution in [0.15, 0.2) is 36.5 Å². The first kappa shape index (κ1) is 14.1. The molecule has 0 aliphatic carbocycles. The molecule has 2 N–H and O–H groups in total. The van der Waals surface area contributed by atoms with Crippen LogP contribution < -0.4 is 4.74 Å².